The average Bonchev–Trinajstić information content (AvgIpc) is 2.83. The van der Waals surface area contributed by atoms with E-state index in [0.29, 0.717) is 0 Å². The van der Waals surface area contributed by atoms with Gasteiger partial charge in [-0.05, 0) is 49.7 Å². The van der Waals surface area contributed by atoms with Crippen LogP contribution in [0.15, 0.2) is 84.1 Å². The Morgan fingerprint density at radius 2 is 1.08 bits per heavy atom. The van der Waals surface area contributed by atoms with E-state index in [1.807, 2.05) is 24.4 Å². The topological polar surface area (TPSA) is 25.8 Å². The van der Waals surface area contributed by atoms with Crippen molar-refractivity contribution in [2.45, 2.75) is 69.2 Å². The Morgan fingerprint density at radius 3 is 1.56 bits per heavy atom. The molecule has 0 aliphatic carbocycles. The minimum Gasteiger partial charge on any atom is -0.252 e. The van der Waals surface area contributed by atoms with Crippen LogP contribution in [0.25, 0.3) is 33.4 Å². The van der Waals surface area contributed by atoms with Crippen LogP contribution in [0, 0.1) is 10.8 Å². The predicted molar refractivity (Wildman–Crippen MR) is 159 cm³/mol. The van der Waals surface area contributed by atoms with E-state index in [-0.39, 0.29) is 10.8 Å². The molecule has 3 rings (SSSR count). The largest absolute Gasteiger partial charge is 0.252 e. The third-order valence-corrected chi connectivity index (χ3v) is 7.15. The summed E-state index contributed by atoms with van der Waals surface area (Å²) in [5.41, 5.74) is 11.4. The van der Waals surface area contributed by atoms with E-state index in [1.165, 1.54) is 22.3 Å². The molecule has 188 valence electrons. The molecule has 0 aliphatic rings. The van der Waals surface area contributed by atoms with Crippen molar-refractivity contribution in [3.05, 3.63) is 95.2 Å². The van der Waals surface area contributed by atoms with Crippen LogP contribution < -0.4 is 0 Å². The molecule has 2 heteroatoms. The van der Waals surface area contributed by atoms with Crippen molar-refractivity contribution in [3.8, 4) is 11.3 Å². The molecule has 0 fully saturated rings. The van der Waals surface area contributed by atoms with Crippen LogP contribution in [0.5, 0.6) is 0 Å². The number of hydrogen-bond donors (Lipinski definition) is 0. The number of benzene rings is 2. The zero-order valence-corrected chi connectivity index (χ0v) is 23.8. The highest BCUT2D eigenvalue weighted by molar-refractivity contribution is 5.96. The van der Waals surface area contributed by atoms with Gasteiger partial charge in [-0.25, -0.2) is 4.98 Å². The van der Waals surface area contributed by atoms with Crippen LogP contribution in [-0.2, 0) is 0 Å². The molecule has 3 aromatic rings. The van der Waals surface area contributed by atoms with Gasteiger partial charge in [0.1, 0.15) is 0 Å². The molecule has 0 spiro atoms. The molecule has 2 aromatic carbocycles. The molecule has 0 saturated heterocycles. The van der Waals surface area contributed by atoms with E-state index in [1.54, 1.807) is 0 Å². The number of nitrogens with zero attached hydrogens (tertiary/aromatic N) is 2. The first kappa shape index (κ1) is 27.3. The van der Waals surface area contributed by atoms with Gasteiger partial charge in [-0.1, -0.05) is 119 Å². The number of allylic oxidation sites excluding steroid dienone is 8. The lowest BCUT2D eigenvalue weighted by Gasteiger charge is -2.19. The zero-order chi connectivity index (χ0) is 26.7. The summed E-state index contributed by atoms with van der Waals surface area (Å²) in [5, 5.41) is 0. The standard InChI is InChI=1S/C34H42N2/c1-23(16-18-25(3)33(5,6)7)28-20-21-29(24(2)17-19-26(4)34(8,9)10)32-31(28)35-22-30(36-32)27-14-12-11-13-15-27/h11-22H,1-10H3/b23-16+,24-17+,25-18+,26-19+. The summed E-state index contributed by atoms with van der Waals surface area (Å²) in [4.78, 5) is 10.1. The van der Waals surface area contributed by atoms with Crippen LogP contribution in [-0.4, -0.2) is 9.97 Å². The first-order valence-corrected chi connectivity index (χ1v) is 12.9. The lowest BCUT2D eigenvalue weighted by atomic mass is 9.87. The second kappa shape index (κ2) is 10.8. The molecule has 0 amide bonds. The molecule has 0 radical (unpaired) electrons. The molecule has 0 aliphatic heterocycles. The fourth-order valence-electron chi connectivity index (χ4n) is 3.66. The van der Waals surface area contributed by atoms with Gasteiger partial charge in [0.05, 0.1) is 22.9 Å². The summed E-state index contributed by atoms with van der Waals surface area (Å²) in [6, 6.07) is 14.7. The van der Waals surface area contributed by atoms with Crippen molar-refractivity contribution in [3.63, 3.8) is 0 Å². The van der Waals surface area contributed by atoms with Gasteiger partial charge in [0, 0.05) is 16.7 Å². The summed E-state index contributed by atoms with van der Waals surface area (Å²) >= 11 is 0. The summed E-state index contributed by atoms with van der Waals surface area (Å²) in [6.45, 7) is 22.2. The van der Waals surface area contributed by atoms with Crippen molar-refractivity contribution in [2.24, 2.45) is 10.8 Å². The Morgan fingerprint density at radius 1 is 0.611 bits per heavy atom. The summed E-state index contributed by atoms with van der Waals surface area (Å²) in [6.07, 6.45) is 10.8. The Hall–Kier alpha value is -3.26. The van der Waals surface area contributed by atoms with Gasteiger partial charge in [0.15, 0.2) is 0 Å². The lowest BCUT2D eigenvalue weighted by molar-refractivity contribution is 0.504. The molecular formula is C34H42N2. The van der Waals surface area contributed by atoms with Gasteiger partial charge in [-0.3, -0.25) is 4.98 Å². The van der Waals surface area contributed by atoms with Crippen molar-refractivity contribution in [1.29, 1.82) is 0 Å². The highest BCUT2D eigenvalue weighted by atomic mass is 14.8. The maximum atomic E-state index is 5.15. The fourth-order valence-corrected chi connectivity index (χ4v) is 3.66. The lowest BCUT2D eigenvalue weighted by Crippen LogP contribution is -2.05. The number of aromatic nitrogens is 2. The SMILES string of the molecule is C/C(=C\C=C(/C)C(C)(C)C)c1ccc(/C(C)=C/C=C(\C)C(C)(C)C)c2nc(-c3ccccc3)cnc12. The maximum absolute atomic E-state index is 5.15. The highest BCUT2D eigenvalue weighted by Crippen LogP contribution is 2.32. The fraction of sp³-hybridized carbons (Fsp3) is 0.353. The molecule has 0 N–H and O–H groups in total. The van der Waals surface area contributed by atoms with Crippen LogP contribution in [0.2, 0.25) is 0 Å². The number of hydrogen-bond acceptors (Lipinski definition) is 2. The Labute approximate surface area is 218 Å². The Bertz CT molecular complexity index is 1350. The molecule has 1 heterocycles. The van der Waals surface area contributed by atoms with Crippen molar-refractivity contribution in [1.82, 2.24) is 9.97 Å². The summed E-state index contributed by atoms with van der Waals surface area (Å²) in [7, 11) is 0. The second-order valence-corrected chi connectivity index (χ2v) is 11.9. The van der Waals surface area contributed by atoms with Gasteiger partial charge >= 0.3 is 0 Å². The first-order chi connectivity index (χ1) is 16.8. The summed E-state index contributed by atoms with van der Waals surface area (Å²) in [5.74, 6) is 0. The molecule has 0 atom stereocenters. The zero-order valence-electron chi connectivity index (χ0n) is 23.8. The predicted octanol–water partition coefficient (Wildman–Crippen LogP) is 10.1. The quantitative estimate of drug-likeness (QED) is 0.341. The Kier molecular flexibility index (Phi) is 8.19. The van der Waals surface area contributed by atoms with Gasteiger partial charge in [0.2, 0.25) is 0 Å². The molecule has 0 bridgehead atoms. The number of fused-ring (bicyclic) bond motifs is 1. The molecule has 0 unspecified atom stereocenters. The van der Waals surface area contributed by atoms with E-state index < -0.39 is 0 Å². The third-order valence-electron chi connectivity index (χ3n) is 7.15. The maximum Gasteiger partial charge on any atom is 0.0975 e. The first-order valence-electron chi connectivity index (χ1n) is 12.9. The van der Waals surface area contributed by atoms with Crippen LogP contribution in [0.4, 0.5) is 0 Å². The van der Waals surface area contributed by atoms with E-state index in [9.17, 15) is 0 Å². The van der Waals surface area contributed by atoms with E-state index >= 15 is 0 Å². The average molecular weight is 479 g/mol. The summed E-state index contributed by atoms with van der Waals surface area (Å²) < 4.78 is 0. The van der Waals surface area contributed by atoms with Gasteiger partial charge in [-0.15, -0.1) is 0 Å². The second-order valence-electron chi connectivity index (χ2n) is 11.9. The van der Waals surface area contributed by atoms with Gasteiger partial charge < -0.3 is 0 Å². The van der Waals surface area contributed by atoms with Crippen molar-refractivity contribution < 1.29 is 0 Å². The van der Waals surface area contributed by atoms with E-state index in [0.717, 1.165) is 33.4 Å². The van der Waals surface area contributed by atoms with E-state index in [2.05, 4.69) is 118 Å². The highest BCUT2D eigenvalue weighted by Gasteiger charge is 2.15. The monoisotopic (exact) mass is 478 g/mol. The normalized spacial score (nSPS) is 14.5. The minimum atomic E-state index is 0.142. The molecule has 0 saturated carbocycles. The van der Waals surface area contributed by atoms with Crippen LogP contribution >= 0.6 is 0 Å². The molecule has 36 heavy (non-hydrogen) atoms. The smallest absolute Gasteiger partial charge is 0.0975 e. The Balaban J connectivity index is 2.22. The van der Waals surface area contributed by atoms with Crippen molar-refractivity contribution >= 4 is 22.2 Å². The van der Waals surface area contributed by atoms with Gasteiger partial charge in [-0.2, -0.15) is 0 Å². The van der Waals surface area contributed by atoms with Crippen molar-refractivity contribution in [2.75, 3.05) is 0 Å². The van der Waals surface area contributed by atoms with E-state index in [4.69, 9.17) is 9.97 Å². The number of rotatable bonds is 5. The minimum absolute atomic E-state index is 0.142. The van der Waals surface area contributed by atoms with Gasteiger partial charge in [0.25, 0.3) is 0 Å². The third kappa shape index (κ3) is 6.49. The molecule has 2 nitrogen and oxygen atoms in total. The van der Waals surface area contributed by atoms with Crippen LogP contribution in [0.3, 0.4) is 0 Å². The molecular weight excluding hydrogens is 436 g/mol. The molecule has 1 aromatic heterocycles. The van der Waals surface area contributed by atoms with Crippen LogP contribution in [0.1, 0.15) is 80.4 Å².